The molecule has 9 heteroatoms. The molecule has 1 amide bonds. The van der Waals surface area contributed by atoms with E-state index in [1.54, 1.807) is 19.1 Å². The maximum Gasteiger partial charge on any atom is 0.265 e. The van der Waals surface area contributed by atoms with Gasteiger partial charge in [0.1, 0.15) is 0 Å². The number of rotatable bonds is 7. The fourth-order valence-electron chi connectivity index (χ4n) is 2.20. The van der Waals surface area contributed by atoms with Crippen molar-refractivity contribution in [2.24, 2.45) is 5.14 Å². The first kappa shape index (κ1) is 20.4. The lowest BCUT2D eigenvalue weighted by Gasteiger charge is -2.17. The van der Waals surface area contributed by atoms with E-state index in [2.05, 4.69) is 5.32 Å². The molecule has 0 aromatic heterocycles. The summed E-state index contributed by atoms with van der Waals surface area (Å²) in [6, 6.07) is 10.1. The fraction of sp³-hybridized carbons (Fsp3) is 0.222. The summed E-state index contributed by atoms with van der Waals surface area (Å²) in [7, 11) is -2.36. The van der Waals surface area contributed by atoms with E-state index in [1.165, 1.54) is 44.4 Å². The van der Waals surface area contributed by atoms with Crippen LogP contribution in [0, 0.1) is 0 Å². The largest absolute Gasteiger partial charge is 0.493 e. The summed E-state index contributed by atoms with van der Waals surface area (Å²) in [6.07, 6.45) is -0.875. The molecule has 0 heterocycles. The van der Waals surface area contributed by atoms with Gasteiger partial charge in [-0.1, -0.05) is 0 Å². The molecule has 144 valence electrons. The second-order valence-corrected chi connectivity index (χ2v) is 7.30. The third kappa shape index (κ3) is 5.28. The van der Waals surface area contributed by atoms with Crippen LogP contribution in [-0.2, 0) is 14.8 Å². The summed E-state index contributed by atoms with van der Waals surface area (Å²) in [5.41, 5.74) is 0.855. The molecule has 0 radical (unpaired) electrons. The number of primary sulfonamides is 1. The second kappa shape index (κ2) is 8.19. The number of methoxy groups -OCH3 is 1. The van der Waals surface area contributed by atoms with Crippen molar-refractivity contribution in [2.75, 3.05) is 12.4 Å². The summed E-state index contributed by atoms with van der Waals surface area (Å²) in [5, 5.41) is 7.64. The van der Waals surface area contributed by atoms with Gasteiger partial charge in [-0.3, -0.25) is 9.59 Å². The Hall–Kier alpha value is -2.91. The van der Waals surface area contributed by atoms with Gasteiger partial charge in [-0.15, -0.1) is 0 Å². The summed E-state index contributed by atoms with van der Waals surface area (Å²) in [6.45, 7) is 2.99. The zero-order valence-corrected chi connectivity index (χ0v) is 15.9. The number of sulfonamides is 1. The Morgan fingerprint density at radius 3 is 2.22 bits per heavy atom. The maximum absolute atomic E-state index is 12.3. The summed E-state index contributed by atoms with van der Waals surface area (Å²) in [4.78, 5) is 23.7. The zero-order chi connectivity index (χ0) is 20.2. The Bertz CT molecular complexity index is 954. The van der Waals surface area contributed by atoms with Crippen molar-refractivity contribution >= 4 is 27.4 Å². The van der Waals surface area contributed by atoms with Crippen LogP contribution in [0.1, 0.15) is 24.2 Å². The number of carbonyl (C=O) groups excluding carboxylic acids is 2. The molecule has 2 aromatic carbocycles. The Balaban J connectivity index is 2.08. The third-order valence-corrected chi connectivity index (χ3v) is 4.62. The second-order valence-electron chi connectivity index (χ2n) is 5.74. The van der Waals surface area contributed by atoms with E-state index in [-0.39, 0.29) is 10.7 Å². The highest BCUT2D eigenvalue weighted by Crippen LogP contribution is 2.29. The number of nitrogens with two attached hydrogens (primary N) is 1. The number of ether oxygens (including phenoxy) is 2. The standard InChI is InChI=1S/C18H20N2O6S/c1-11(21)13-4-9-16(17(10-13)25-3)26-12(2)18(22)20-14-5-7-15(8-6-14)27(19,23)24/h4-10,12H,1-3H3,(H,20,22)(H2,19,23,24)/t12-/m0/s1. The topological polar surface area (TPSA) is 125 Å². The van der Waals surface area contributed by atoms with Gasteiger partial charge < -0.3 is 14.8 Å². The lowest BCUT2D eigenvalue weighted by molar-refractivity contribution is -0.122. The highest BCUT2D eigenvalue weighted by Gasteiger charge is 2.18. The Labute approximate surface area is 157 Å². The van der Waals surface area contributed by atoms with Crippen molar-refractivity contribution in [3.63, 3.8) is 0 Å². The van der Waals surface area contributed by atoms with Crippen LogP contribution in [0.2, 0.25) is 0 Å². The number of nitrogens with one attached hydrogen (secondary N) is 1. The van der Waals surface area contributed by atoms with Gasteiger partial charge in [0.25, 0.3) is 5.91 Å². The molecule has 0 aliphatic carbocycles. The molecule has 0 saturated heterocycles. The molecule has 0 aliphatic rings. The molecule has 2 rings (SSSR count). The number of Topliss-reactive ketones (excluding diaryl/α,β-unsaturated/α-hetero) is 1. The molecule has 3 N–H and O–H groups in total. The molecule has 1 atom stereocenters. The average molecular weight is 392 g/mol. The average Bonchev–Trinajstić information content (AvgIpc) is 2.61. The van der Waals surface area contributed by atoms with E-state index >= 15 is 0 Å². The molecular formula is C18H20N2O6S. The minimum Gasteiger partial charge on any atom is -0.493 e. The molecule has 0 unspecified atom stereocenters. The van der Waals surface area contributed by atoms with Crippen LogP contribution >= 0.6 is 0 Å². The van der Waals surface area contributed by atoms with Crippen LogP contribution in [-0.4, -0.2) is 33.3 Å². The molecule has 0 bridgehead atoms. The Morgan fingerprint density at radius 2 is 1.70 bits per heavy atom. The van der Waals surface area contributed by atoms with Crippen LogP contribution in [0.15, 0.2) is 47.4 Å². The van der Waals surface area contributed by atoms with E-state index in [0.717, 1.165) is 0 Å². The van der Waals surface area contributed by atoms with Crippen molar-refractivity contribution in [3.8, 4) is 11.5 Å². The van der Waals surface area contributed by atoms with Gasteiger partial charge >= 0.3 is 0 Å². The van der Waals surface area contributed by atoms with Crippen LogP contribution in [0.3, 0.4) is 0 Å². The Kier molecular flexibility index (Phi) is 6.19. The first-order valence-corrected chi connectivity index (χ1v) is 9.46. The number of carbonyl (C=O) groups is 2. The number of hydrogen-bond acceptors (Lipinski definition) is 6. The molecule has 0 aliphatic heterocycles. The predicted molar refractivity (Wildman–Crippen MR) is 99.5 cm³/mol. The quantitative estimate of drug-likeness (QED) is 0.694. The van der Waals surface area contributed by atoms with Gasteiger partial charge in [-0.25, -0.2) is 13.6 Å². The van der Waals surface area contributed by atoms with Crippen LogP contribution in [0.5, 0.6) is 11.5 Å². The predicted octanol–water partition coefficient (Wildman–Crippen LogP) is 1.95. The monoisotopic (exact) mass is 392 g/mol. The maximum atomic E-state index is 12.3. The lowest BCUT2D eigenvalue weighted by Crippen LogP contribution is -2.30. The summed E-state index contributed by atoms with van der Waals surface area (Å²) < 4.78 is 33.3. The molecule has 8 nitrogen and oxygen atoms in total. The SMILES string of the molecule is COc1cc(C(C)=O)ccc1O[C@@H](C)C(=O)Nc1ccc(S(N)(=O)=O)cc1. The van der Waals surface area contributed by atoms with Crippen LogP contribution < -0.4 is 19.9 Å². The highest BCUT2D eigenvalue weighted by atomic mass is 32.2. The lowest BCUT2D eigenvalue weighted by atomic mass is 10.1. The number of ketones is 1. The van der Waals surface area contributed by atoms with Crippen molar-refractivity contribution in [1.82, 2.24) is 0 Å². The molecule has 0 spiro atoms. The molecule has 0 saturated carbocycles. The minimum absolute atomic E-state index is 0.0555. The van der Waals surface area contributed by atoms with Gasteiger partial charge in [0.15, 0.2) is 23.4 Å². The normalized spacial score (nSPS) is 12.1. The van der Waals surface area contributed by atoms with Crippen molar-refractivity contribution in [1.29, 1.82) is 0 Å². The molecular weight excluding hydrogens is 372 g/mol. The van der Waals surface area contributed by atoms with E-state index in [4.69, 9.17) is 14.6 Å². The van der Waals surface area contributed by atoms with Gasteiger partial charge in [0.2, 0.25) is 10.0 Å². The summed E-state index contributed by atoms with van der Waals surface area (Å²) in [5.74, 6) is 0.0826. The highest BCUT2D eigenvalue weighted by molar-refractivity contribution is 7.89. The van der Waals surface area contributed by atoms with Crippen LogP contribution in [0.25, 0.3) is 0 Å². The van der Waals surface area contributed by atoms with Crippen molar-refractivity contribution < 1.29 is 27.5 Å². The number of benzene rings is 2. The van der Waals surface area contributed by atoms with E-state index in [0.29, 0.717) is 22.7 Å². The minimum atomic E-state index is -3.80. The fourth-order valence-corrected chi connectivity index (χ4v) is 2.72. The van der Waals surface area contributed by atoms with Crippen molar-refractivity contribution in [3.05, 3.63) is 48.0 Å². The van der Waals surface area contributed by atoms with Gasteiger partial charge in [-0.2, -0.15) is 0 Å². The van der Waals surface area contributed by atoms with E-state index < -0.39 is 22.0 Å². The van der Waals surface area contributed by atoms with E-state index in [9.17, 15) is 18.0 Å². The molecule has 0 fully saturated rings. The zero-order valence-electron chi connectivity index (χ0n) is 15.1. The first-order chi connectivity index (χ1) is 12.6. The van der Waals surface area contributed by atoms with Gasteiger partial charge in [0, 0.05) is 11.3 Å². The third-order valence-electron chi connectivity index (χ3n) is 3.69. The number of anilines is 1. The number of amides is 1. The van der Waals surface area contributed by atoms with Gasteiger partial charge in [0.05, 0.1) is 12.0 Å². The van der Waals surface area contributed by atoms with Crippen LogP contribution in [0.4, 0.5) is 5.69 Å². The smallest absolute Gasteiger partial charge is 0.265 e. The Morgan fingerprint density at radius 1 is 1.07 bits per heavy atom. The molecule has 2 aromatic rings. The molecule has 27 heavy (non-hydrogen) atoms. The van der Waals surface area contributed by atoms with Crippen molar-refractivity contribution in [2.45, 2.75) is 24.8 Å². The first-order valence-electron chi connectivity index (χ1n) is 7.91. The summed E-state index contributed by atoms with van der Waals surface area (Å²) >= 11 is 0. The van der Waals surface area contributed by atoms with E-state index in [1.807, 2.05) is 0 Å². The number of hydrogen-bond donors (Lipinski definition) is 2. The van der Waals surface area contributed by atoms with Gasteiger partial charge in [-0.05, 0) is 56.3 Å².